The predicted octanol–water partition coefficient (Wildman–Crippen LogP) is 3.15. The lowest BCUT2D eigenvalue weighted by Crippen LogP contribution is -2.28. The van der Waals surface area contributed by atoms with Gasteiger partial charge in [-0.2, -0.15) is 0 Å². The minimum atomic E-state index is 0.607. The maximum absolute atomic E-state index is 5.93. The Morgan fingerprint density at radius 2 is 2.31 bits per heavy atom. The van der Waals surface area contributed by atoms with Gasteiger partial charge in [-0.25, -0.2) is 4.98 Å². The molecule has 0 bridgehead atoms. The van der Waals surface area contributed by atoms with Crippen molar-refractivity contribution in [2.45, 2.75) is 20.3 Å². The molecule has 0 radical (unpaired) electrons. The molecule has 0 amide bonds. The van der Waals surface area contributed by atoms with Gasteiger partial charge in [0, 0.05) is 19.3 Å². The van der Waals surface area contributed by atoms with Gasteiger partial charge in [0.25, 0.3) is 0 Å². The summed E-state index contributed by atoms with van der Waals surface area (Å²) in [7, 11) is 0. The lowest BCUT2D eigenvalue weighted by atomic mass is 10.0. The van der Waals surface area contributed by atoms with Crippen LogP contribution in [0.25, 0.3) is 5.57 Å². The number of halogens is 1. The Balaban J connectivity index is 2.19. The number of aryl methyl sites for hydroxylation is 1. The fraction of sp³-hybridized carbons (Fsp3) is 0.462. The van der Waals surface area contributed by atoms with Crippen LogP contribution in [0.15, 0.2) is 18.3 Å². The standard InChI is InChI=1S/C13H17ClN2/c1-3-16-6-4-11(5-7-16)12-8-10(2)13(14)15-9-12/h4,8-9H,3,5-7H2,1-2H3. The quantitative estimate of drug-likeness (QED) is 0.734. The van der Waals surface area contributed by atoms with Gasteiger partial charge >= 0.3 is 0 Å². The van der Waals surface area contributed by atoms with Crippen molar-refractivity contribution in [1.29, 1.82) is 0 Å². The van der Waals surface area contributed by atoms with Crippen LogP contribution in [0.2, 0.25) is 5.15 Å². The number of pyridine rings is 1. The summed E-state index contributed by atoms with van der Waals surface area (Å²) in [6.45, 7) is 7.52. The van der Waals surface area contributed by atoms with Crippen LogP contribution in [-0.4, -0.2) is 29.5 Å². The summed E-state index contributed by atoms with van der Waals surface area (Å²) in [5.41, 5.74) is 3.67. The van der Waals surface area contributed by atoms with E-state index in [1.807, 2.05) is 13.1 Å². The third-order valence-electron chi connectivity index (χ3n) is 3.13. The van der Waals surface area contributed by atoms with E-state index in [2.05, 4.69) is 29.0 Å². The van der Waals surface area contributed by atoms with Gasteiger partial charge in [-0.05, 0) is 42.7 Å². The molecule has 0 aliphatic carbocycles. The molecule has 0 unspecified atom stereocenters. The second-order valence-electron chi connectivity index (χ2n) is 4.20. The largest absolute Gasteiger partial charge is 0.300 e. The monoisotopic (exact) mass is 236 g/mol. The van der Waals surface area contributed by atoms with Crippen LogP contribution in [-0.2, 0) is 0 Å². The van der Waals surface area contributed by atoms with Crippen LogP contribution in [0, 0.1) is 6.92 Å². The minimum absolute atomic E-state index is 0.607. The van der Waals surface area contributed by atoms with Crippen LogP contribution >= 0.6 is 11.6 Å². The summed E-state index contributed by atoms with van der Waals surface area (Å²) >= 11 is 5.93. The van der Waals surface area contributed by atoms with Gasteiger partial charge < -0.3 is 0 Å². The summed E-state index contributed by atoms with van der Waals surface area (Å²) < 4.78 is 0. The van der Waals surface area contributed by atoms with Gasteiger partial charge in [-0.1, -0.05) is 24.6 Å². The van der Waals surface area contributed by atoms with Crippen LogP contribution in [0.1, 0.15) is 24.5 Å². The SMILES string of the molecule is CCN1CC=C(c2cnc(Cl)c(C)c2)CC1. The van der Waals surface area contributed by atoms with E-state index in [-0.39, 0.29) is 0 Å². The number of hydrogen-bond acceptors (Lipinski definition) is 2. The van der Waals surface area contributed by atoms with E-state index >= 15 is 0 Å². The molecular weight excluding hydrogens is 220 g/mol. The number of aromatic nitrogens is 1. The zero-order chi connectivity index (χ0) is 11.5. The first-order valence-corrected chi connectivity index (χ1v) is 6.12. The van der Waals surface area contributed by atoms with Crippen LogP contribution in [0.5, 0.6) is 0 Å². The highest BCUT2D eigenvalue weighted by atomic mass is 35.5. The molecule has 86 valence electrons. The molecule has 0 atom stereocenters. The third kappa shape index (κ3) is 2.45. The Morgan fingerprint density at radius 3 is 2.88 bits per heavy atom. The van der Waals surface area contributed by atoms with Crippen LogP contribution in [0.4, 0.5) is 0 Å². The first-order valence-electron chi connectivity index (χ1n) is 5.74. The van der Waals surface area contributed by atoms with Crippen molar-refractivity contribution >= 4 is 17.2 Å². The summed E-state index contributed by atoms with van der Waals surface area (Å²) in [6, 6.07) is 2.13. The molecule has 1 aliphatic rings. The van der Waals surface area contributed by atoms with E-state index in [1.54, 1.807) is 0 Å². The molecule has 16 heavy (non-hydrogen) atoms. The van der Waals surface area contributed by atoms with Crippen molar-refractivity contribution in [3.8, 4) is 0 Å². The average Bonchev–Trinajstić information content (AvgIpc) is 2.33. The molecule has 0 aromatic carbocycles. The van der Waals surface area contributed by atoms with Gasteiger partial charge in [0.05, 0.1) is 0 Å². The van der Waals surface area contributed by atoms with Crippen molar-refractivity contribution in [1.82, 2.24) is 9.88 Å². The Labute approximate surface area is 102 Å². The topological polar surface area (TPSA) is 16.1 Å². The summed E-state index contributed by atoms with van der Waals surface area (Å²) in [4.78, 5) is 6.63. The first-order chi connectivity index (χ1) is 7.70. The molecule has 1 aromatic rings. The number of likely N-dealkylation sites (N-methyl/N-ethyl adjacent to an activating group) is 1. The normalized spacial score (nSPS) is 17.3. The summed E-state index contributed by atoms with van der Waals surface area (Å²) in [5.74, 6) is 0. The van der Waals surface area contributed by atoms with Gasteiger partial charge in [-0.3, -0.25) is 4.90 Å². The van der Waals surface area contributed by atoms with Crippen molar-refractivity contribution in [2.24, 2.45) is 0 Å². The molecule has 0 fully saturated rings. The molecule has 0 N–H and O–H groups in total. The summed E-state index contributed by atoms with van der Waals surface area (Å²) in [5, 5.41) is 0.607. The Bertz CT molecular complexity index is 412. The zero-order valence-electron chi connectivity index (χ0n) is 9.83. The fourth-order valence-corrected chi connectivity index (χ4v) is 2.10. The Morgan fingerprint density at radius 1 is 1.50 bits per heavy atom. The smallest absolute Gasteiger partial charge is 0.131 e. The van der Waals surface area contributed by atoms with Crippen LogP contribution < -0.4 is 0 Å². The minimum Gasteiger partial charge on any atom is -0.300 e. The zero-order valence-corrected chi connectivity index (χ0v) is 10.6. The lowest BCUT2D eigenvalue weighted by Gasteiger charge is -2.24. The Kier molecular flexibility index (Phi) is 3.62. The van der Waals surface area contributed by atoms with E-state index < -0.39 is 0 Å². The second-order valence-corrected chi connectivity index (χ2v) is 4.56. The number of rotatable bonds is 2. The van der Waals surface area contributed by atoms with E-state index in [4.69, 9.17) is 11.6 Å². The number of hydrogen-bond donors (Lipinski definition) is 0. The van der Waals surface area contributed by atoms with Gasteiger partial charge in [0.1, 0.15) is 5.15 Å². The second kappa shape index (κ2) is 4.98. The molecular formula is C13H17ClN2. The first kappa shape index (κ1) is 11.6. The number of nitrogens with zero attached hydrogens (tertiary/aromatic N) is 2. The molecule has 2 rings (SSSR count). The molecule has 0 spiro atoms. The van der Waals surface area contributed by atoms with Crippen molar-refractivity contribution in [3.05, 3.63) is 34.6 Å². The van der Waals surface area contributed by atoms with E-state index in [0.29, 0.717) is 5.15 Å². The molecule has 0 saturated heterocycles. The highest BCUT2D eigenvalue weighted by molar-refractivity contribution is 6.30. The van der Waals surface area contributed by atoms with E-state index in [1.165, 1.54) is 11.1 Å². The van der Waals surface area contributed by atoms with Gasteiger partial charge in [0.15, 0.2) is 0 Å². The summed E-state index contributed by atoms with van der Waals surface area (Å²) in [6.07, 6.45) is 5.29. The predicted molar refractivity (Wildman–Crippen MR) is 68.7 cm³/mol. The van der Waals surface area contributed by atoms with E-state index in [0.717, 1.165) is 31.6 Å². The van der Waals surface area contributed by atoms with Crippen molar-refractivity contribution < 1.29 is 0 Å². The van der Waals surface area contributed by atoms with Gasteiger partial charge in [0.2, 0.25) is 0 Å². The highest BCUT2D eigenvalue weighted by Gasteiger charge is 2.12. The maximum Gasteiger partial charge on any atom is 0.131 e. The fourth-order valence-electron chi connectivity index (χ4n) is 1.99. The maximum atomic E-state index is 5.93. The molecule has 2 nitrogen and oxygen atoms in total. The third-order valence-corrected chi connectivity index (χ3v) is 3.52. The molecule has 3 heteroatoms. The van der Waals surface area contributed by atoms with E-state index in [9.17, 15) is 0 Å². The van der Waals surface area contributed by atoms with Crippen LogP contribution in [0.3, 0.4) is 0 Å². The highest BCUT2D eigenvalue weighted by Crippen LogP contribution is 2.24. The van der Waals surface area contributed by atoms with Gasteiger partial charge in [-0.15, -0.1) is 0 Å². The molecule has 0 saturated carbocycles. The average molecular weight is 237 g/mol. The lowest BCUT2D eigenvalue weighted by molar-refractivity contribution is 0.318. The molecule has 2 heterocycles. The molecule has 1 aliphatic heterocycles. The van der Waals surface area contributed by atoms with Crippen molar-refractivity contribution in [2.75, 3.05) is 19.6 Å². The molecule has 1 aromatic heterocycles. The Hall–Kier alpha value is -0.860. The van der Waals surface area contributed by atoms with Crippen molar-refractivity contribution in [3.63, 3.8) is 0 Å².